The van der Waals surface area contributed by atoms with E-state index >= 15 is 0 Å². The Morgan fingerprint density at radius 2 is 2.29 bits per heavy atom. The van der Waals surface area contributed by atoms with Gasteiger partial charge in [0.15, 0.2) is 0 Å². The molecule has 0 spiro atoms. The summed E-state index contributed by atoms with van der Waals surface area (Å²) < 4.78 is 5.11. The number of nitrogens with zero attached hydrogens (tertiary/aromatic N) is 1. The summed E-state index contributed by atoms with van der Waals surface area (Å²) in [6.07, 6.45) is 4.89. The van der Waals surface area contributed by atoms with E-state index in [0.29, 0.717) is 12.1 Å². The lowest BCUT2D eigenvalue weighted by atomic mass is 10.1. The minimum absolute atomic E-state index is 0.391. The first-order chi connectivity index (χ1) is 8.16. The van der Waals surface area contributed by atoms with Gasteiger partial charge in [0.2, 0.25) is 0 Å². The highest BCUT2D eigenvalue weighted by Gasteiger charge is 2.24. The first-order valence-electron chi connectivity index (χ1n) is 6.66. The summed E-state index contributed by atoms with van der Waals surface area (Å²) >= 11 is 0. The van der Waals surface area contributed by atoms with E-state index in [9.17, 15) is 0 Å². The molecule has 0 aromatic carbocycles. The summed E-state index contributed by atoms with van der Waals surface area (Å²) in [5, 5.41) is 3.60. The molecule has 1 saturated heterocycles. The van der Waals surface area contributed by atoms with Gasteiger partial charge in [-0.1, -0.05) is 0 Å². The summed E-state index contributed by atoms with van der Waals surface area (Å²) in [5.41, 5.74) is 1.24. The Morgan fingerprint density at radius 3 is 2.88 bits per heavy atom. The van der Waals surface area contributed by atoms with Gasteiger partial charge < -0.3 is 14.6 Å². The van der Waals surface area contributed by atoms with Crippen molar-refractivity contribution >= 4 is 0 Å². The van der Waals surface area contributed by atoms with Crippen LogP contribution in [0.5, 0.6) is 0 Å². The van der Waals surface area contributed by atoms with E-state index in [1.807, 2.05) is 12.3 Å². The van der Waals surface area contributed by atoms with Gasteiger partial charge in [0, 0.05) is 24.2 Å². The molecule has 2 atom stereocenters. The average Bonchev–Trinajstić information content (AvgIpc) is 2.97. The minimum atomic E-state index is 0.391. The van der Waals surface area contributed by atoms with Crippen LogP contribution in [0.1, 0.15) is 38.8 Å². The fourth-order valence-electron chi connectivity index (χ4n) is 2.48. The minimum Gasteiger partial charge on any atom is -0.472 e. The highest BCUT2D eigenvalue weighted by Crippen LogP contribution is 2.19. The monoisotopic (exact) mass is 236 g/mol. The lowest BCUT2D eigenvalue weighted by Gasteiger charge is -2.21. The zero-order valence-corrected chi connectivity index (χ0v) is 11.1. The van der Waals surface area contributed by atoms with Crippen LogP contribution in [0.3, 0.4) is 0 Å². The van der Waals surface area contributed by atoms with Gasteiger partial charge in [0.25, 0.3) is 0 Å². The SMILES string of the molecule is CC(NCC1CCN(C(C)C)C1)c1ccoc1. The standard InChI is InChI=1S/C14H24N2O/c1-11(2)16-6-4-13(9-16)8-15-12(3)14-5-7-17-10-14/h5,7,10-13,15H,4,6,8-9H2,1-3H3. The number of hydrogen-bond acceptors (Lipinski definition) is 3. The molecule has 2 unspecified atom stereocenters. The molecule has 0 amide bonds. The molecule has 0 aliphatic carbocycles. The van der Waals surface area contributed by atoms with Gasteiger partial charge in [-0.05, 0) is 52.3 Å². The molecule has 1 fully saturated rings. The Morgan fingerprint density at radius 1 is 1.47 bits per heavy atom. The molecule has 0 saturated carbocycles. The predicted octanol–water partition coefficient (Wildman–Crippen LogP) is 2.66. The van der Waals surface area contributed by atoms with E-state index < -0.39 is 0 Å². The maximum Gasteiger partial charge on any atom is 0.0950 e. The summed E-state index contributed by atoms with van der Waals surface area (Å²) in [7, 11) is 0. The topological polar surface area (TPSA) is 28.4 Å². The Hall–Kier alpha value is -0.800. The number of furan rings is 1. The van der Waals surface area contributed by atoms with Crippen molar-refractivity contribution in [3.8, 4) is 0 Å². The molecule has 3 nitrogen and oxygen atoms in total. The number of rotatable bonds is 5. The second-order valence-electron chi connectivity index (χ2n) is 5.43. The van der Waals surface area contributed by atoms with Gasteiger partial charge in [-0.15, -0.1) is 0 Å². The summed E-state index contributed by atoms with van der Waals surface area (Å²) in [4.78, 5) is 2.56. The number of nitrogens with one attached hydrogen (secondary N) is 1. The third-order valence-corrected chi connectivity index (χ3v) is 3.80. The van der Waals surface area contributed by atoms with E-state index in [2.05, 4.69) is 31.0 Å². The smallest absolute Gasteiger partial charge is 0.0950 e. The van der Waals surface area contributed by atoms with Crippen LogP contribution >= 0.6 is 0 Å². The van der Waals surface area contributed by atoms with Crippen LogP contribution in [0.4, 0.5) is 0 Å². The maximum absolute atomic E-state index is 5.11. The molecular formula is C14H24N2O. The normalized spacial score (nSPS) is 23.4. The van der Waals surface area contributed by atoms with Crippen molar-refractivity contribution in [2.45, 2.75) is 39.3 Å². The highest BCUT2D eigenvalue weighted by atomic mass is 16.3. The molecule has 1 aliphatic heterocycles. The predicted molar refractivity (Wildman–Crippen MR) is 69.9 cm³/mol. The van der Waals surface area contributed by atoms with Gasteiger partial charge in [-0.2, -0.15) is 0 Å². The second kappa shape index (κ2) is 5.69. The van der Waals surface area contributed by atoms with Gasteiger partial charge in [-0.3, -0.25) is 0 Å². The Labute approximate surface area is 104 Å². The quantitative estimate of drug-likeness (QED) is 0.852. The molecule has 1 N–H and O–H groups in total. The molecule has 2 heterocycles. The van der Waals surface area contributed by atoms with E-state index in [0.717, 1.165) is 12.5 Å². The zero-order chi connectivity index (χ0) is 12.3. The van der Waals surface area contributed by atoms with Crippen molar-refractivity contribution in [1.82, 2.24) is 10.2 Å². The Bertz CT molecular complexity index is 321. The molecule has 3 heteroatoms. The lowest BCUT2D eigenvalue weighted by molar-refractivity contribution is 0.263. The van der Waals surface area contributed by atoms with Crippen molar-refractivity contribution in [3.05, 3.63) is 24.2 Å². The van der Waals surface area contributed by atoms with Crippen molar-refractivity contribution in [1.29, 1.82) is 0 Å². The lowest BCUT2D eigenvalue weighted by Crippen LogP contribution is -2.31. The van der Waals surface area contributed by atoms with Gasteiger partial charge >= 0.3 is 0 Å². The third kappa shape index (κ3) is 3.33. The summed E-state index contributed by atoms with van der Waals surface area (Å²) in [5.74, 6) is 0.798. The van der Waals surface area contributed by atoms with Crippen LogP contribution < -0.4 is 5.32 Å². The molecule has 17 heavy (non-hydrogen) atoms. The molecule has 1 aromatic heterocycles. The molecule has 1 aliphatic rings. The van der Waals surface area contributed by atoms with Crippen LogP contribution in [0.25, 0.3) is 0 Å². The van der Waals surface area contributed by atoms with Gasteiger partial charge in [0.05, 0.1) is 12.5 Å². The van der Waals surface area contributed by atoms with E-state index in [-0.39, 0.29) is 0 Å². The van der Waals surface area contributed by atoms with Crippen LogP contribution in [0, 0.1) is 5.92 Å². The molecule has 1 aromatic rings. The van der Waals surface area contributed by atoms with Gasteiger partial charge in [0.1, 0.15) is 0 Å². The second-order valence-corrected chi connectivity index (χ2v) is 5.43. The van der Waals surface area contributed by atoms with Crippen molar-refractivity contribution in [3.63, 3.8) is 0 Å². The average molecular weight is 236 g/mol. The maximum atomic E-state index is 5.11. The third-order valence-electron chi connectivity index (χ3n) is 3.80. The molecule has 2 rings (SSSR count). The summed E-state index contributed by atoms with van der Waals surface area (Å²) in [6.45, 7) is 10.4. The number of hydrogen-bond donors (Lipinski definition) is 1. The van der Waals surface area contributed by atoms with E-state index in [1.54, 1.807) is 6.26 Å². The highest BCUT2D eigenvalue weighted by molar-refractivity contribution is 5.10. The van der Waals surface area contributed by atoms with Crippen LogP contribution in [0.15, 0.2) is 23.0 Å². The van der Waals surface area contributed by atoms with Crippen LogP contribution in [-0.4, -0.2) is 30.6 Å². The first kappa shape index (κ1) is 12.7. The fraction of sp³-hybridized carbons (Fsp3) is 0.714. The Balaban J connectivity index is 1.73. The molecule has 96 valence electrons. The Kier molecular flexibility index (Phi) is 4.24. The largest absolute Gasteiger partial charge is 0.472 e. The van der Waals surface area contributed by atoms with E-state index in [4.69, 9.17) is 4.42 Å². The molecule has 0 bridgehead atoms. The van der Waals surface area contributed by atoms with E-state index in [1.165, 1.54) is 25.1 Å². The fourth-order valence-corrected chi connectivity index (χ4v) is 2.48. The molecule has 0 radical (unpaired) electrons. The van der Waals surface area contributed by atoms with Crippen LogP contribution in [-0.2, 0) is 0 Å². The van der Waals surface area contributed by atoms with Crippen molar-refractivity contribution < 1.29 is 4.42 Å². The van der Waals surface area contributed by atoms with Gasteiger partial charge in [-0.25, -0.2) is 0 Å². The zero-order valence-electron chi connectivity index (χ0n) is 11.1. The summed E-state index contributed by atoms with van der Waals surface area (Å²) in [6, 6.07) is 3.11. The number of likely N-dealkylation sites (tertiary alicyclic amines) is 1. The van der Waals surface area contributed by atoms with Crippen LogP contribution in [0.2, 0.25) is 0 Å². The van der Waals surface area contributed by atoms with Crippen molar-refractivity contribution in [2.75, 3.05) is 19.6 Å². The molecular weight excluding hydrogens is 212 g/mol. The first-order valence-corrected chi connectivity index (χ1v) is 6.66. The van der Waals surface area contributed by atoms with Crippen molar-refractivity contribution in [2.24, 2.45) is 5.92 Å².